The number of H-pyrrole nitrogens is 1. The van der Waals surface area contributed by atoms with E-state index in [1.165, 1.54) is 6.20 Å². The van der Waals surface area contributed by atoms with Crippen LogP contribution in [0.3, 0.4) is 0 Å². The number of carbonyl (C=O) groups excluding carboxylic acids is 3. The highest BCUT2D eigenvalue weighted by atomic mass is 32.2. The predicted molar refractivity (Wildman–Crippen MR) is 172 cm³/mol. The molecule has 47 heavy (non-hydrogen) atoms. The Hall–Kier alpha value is -4.50. The number of anilines is 1. The van der Waals surface area contributed by atoms with Crippen molar-refractivity contribution in [1.29, 1.82) is 0 Å². The van der Waals surface area contributed by atoms with E-state index >= 15 is 0 Å². The lowest BCUT2D eigenvalue weighted by molar-refractivity contribution is -0.158. The Bertz CT molecular complexity index is 1670. The Kier molecular flexibility index (Phi) is 10.2. The van der Waals surface area contributed by atoms with Crippen LogP contribution in [0.25, 0.3) is 0 Å². The molecule has 0 unspecified atom stereocenters. The van der Waals surface area contributed by atoms with Crippen molar-refractivity contribution in [2.24, 2.45) is 0 Å². The molecule has 2 amide bonds. The van der Waals surface area contributed by atoms with Crippen molar-refractivity contribution in [1.82, 2.24) is 29.5 Å². The van der Waals surface area contributed by atoms with Gasteiger partial charge in [-0.2, -0.15) is 4.31 Å². The summed E-state index contributed by atoms with van der Waals surface area (Å²) in [6, 6.07) is 10.3. The topological polar surface area (TPSA) is 167 Å². The summed E-state index contributed by atoms with van der Waals surface area (Å²) in [6.07, 6.45) is 3.43. The van der Waals surface area contributed by atoms with Crippen LogP contribution in [0.1, 0.15) is 45.0 Å². The molecule has 2 aromatic heterocycles. The number of sulfonamides is 1. The number of aryl methyl sites for hydroxylation is 1. The molecule has 2 aliphatic heterocycles. The molecule has 15 heteroatoms. The summed E-state index contributed by atoms with van der Waals surface area (Å²) in [5.74, 6) is 0.397. The standard InChI is InChI=1S/C32H41N7O7S/c1-22-34-21-28(35-22)47(43,44)39-15-7-8-26(39)29(40)36-25(30(41)46-32(2,3)4)20-23-10-12-24(13-11-23)45-31(42)38-18-16-37(17-19-38)27-9-5-6-14-33-27/h5-6,9-14,21,25-26H,7-8,15-20H2,1-4H3,(H,34,35)(H,36,40)/t25-,26-/m0/s1. The lowest BCUT2D eigenvalue weighted by atomic mass is 10.0. The van der Waals surface area contributed by atoms with Gasteiger partial charge in [0.1, 0.15) is 35.1 Å². The van der Waals surface area contributed by atoms with Gasteiger partial charge in [0.25, 0.3) is 10.0 Å². The molecule has 2 N–H and O–H groups in total. The van der Waals surface area contributed by atoms with Crippen LogP contribution in [0.5, 0.6) is 5.75 Å². The fourth-order valence-electron chi connectivity index (χ4n) is 5.53. The fraction of sp³-hybridized carbons (Fsp3) is 0.469. The summed E-state index contributed by atoms with van der Waals surface area (Å²) in [6.45, 7) is 9.22. The number of hydrogen-bond acceptors (Lipinski definition) is 10. The lowest BCUT2D eigenvalue weighted by Gasteiger charge is -2.34. The second-order valence-electron chi connectivity index (χ2n) is 12.6. The maximum atomic E-state index is 13.5. The van der Waals surface area contributed by atoms with Crippen LogP contribution in [0.2, 0.25) is 0 Å². The Labute approximate surface area is 274 Å². The number of benzene rings is 1. The minimum Gasteiger partial charge on any atom is -0.458 e. The Morgan fingerprint density at radius 1 is 1.04 bits per heavy atom. The van der Waals surface area contributed by atoms with Gasteiger partial charge in [0.2, 0.25) is 5.91 Å². The van der Waals surface area contributed by atoms with Gasteiger partial charge in [-0.05, 0) is 70.4 Å². The second-order valence-corrected chi connectivity index (χ2v) is 14.4. The second kappa shape index (κ2) is 14.1. The van der Waals surface area contributed by atoms with E-state index in [9.17, 15) is 22.8 Å². The molecule has 252 valence electrons. The maximum absolute atomic E-state index is 13.5. The van der Waals surface area contributed by atoms with Gasteiger partial charge in [-0.15, -0.1) is 0 Å². The molecular formula is C32H41N7O7S. The van der Waals surface area contributed by atoms with Gasteiger partial charge in [-0.3, -0.25) is 4.79 Å². The van der Waals surface area contributed by atoms with Gasteiger partial charge in [-0.1, -0.05) is 18.2 Å². The molecule has 3 aromatic rings. The molecule has 0 saturated carbocycles. The van der Waals surface area contributed by atoms with Crippen molar-refractivity contribution in [2.75, 3.05) is 37.6 Å². The number of imidazole rings is 1. The smallest absolute Gasteiger partial charge is 0.415 e. The van der Waals surface area contributed by atoms with Crippen LogP contribution >= 0.6 is 0 Å². The van der Waals surface area contributed by atoms with Gasteiger partial charge in [-0.25, -0.2) is 28.0 Å². The van der Waals surface area contributed by atoms with Gasteiger partial charge < -0.3 is 29.6 Å². The quantitative estimate of drug-likeness (QED) is 0.324. The van der Waals surface area contributed by atoms with E-state index < -0.39 is 45.7 Å². The fourth-order valence-corrected chi connectivity index (χ4v) is 7.13. The molecule has 0 bridgehead atoms. The maximum Gasteiger partial charge on any atom is 0.415 e. The molecule has 0 aliphatic carbocycles. The average molecular weight is 668 g/mol. The first-order chi connectivity index (χ1) is 22.3. The summed E-state index contributed by atoms with van der Waals surface area (Å²) < 4.78 is 38.9. The molecular weight excluding hydrogens is 626 g/mol. The number of nitrogens with zero attached hydrogens (tertiary/aromatic N) is 5. The molecule has 2 atom stereocenters. The minimum absolute atomic E-state index is 0.0718. The van der Waals surface area contributed by atoms with Gasteiger partial charge in [0.15, 0.2) is 5.03 Å². The molecule has 2 saturated heterocycles. The highest BCUT2D eigenvalue weighted by molar-refractivity contribution is 7.89. The zero-order valence-electron chi connectivity index (χ0n) is 27.0. The number of ether oxygens (including phenoxy) is 2. The number of carbonyl (C=O) groups is 3. The molecule has 2 aliphatic rings. The summed E-state index contributed by atoms with van der Waals surface area (Å²) in [5, 5.41) is 2.58. The number of nitrogens with one attached hydrogen (secondary N) is 2. The first kappa shape index (κ1) is 33.9. The van der Waals surface area contributed by atoms with Crippen LogP contribution in [-0.4, -0.2) is 101 Å². The Morgan fingerprint density at radius 3 is 2.38 bits per heavy atom. The SMILES string of the molecule is Cc1nc(S(=O)(=O)N2CCC[C@H]2C(=O)N[C@@H](Cc2ccc(OC(=O)N3CCN(c4ccccn4)CC3)cc2)C(=O)OC(C)(C)C)c[nH]1. The Morgan fingerprint density at radius 2 is 1.77 bits per heavy atom. The molecule has 1 aromatic carbocycles. The number of rotatable bonds is 9. The first-order valence-corrected chi connectivity index (χ1v) is 17.0. The predicted octanol–water partition coefficient (Wildman–Crippen LogP) is 2.66. The van der Waals surface area contributed by atoms with Crippen molar-refractivity contribution < 1.29 is 32.3 Å². The Balaban J connectivity index is 1.22. The summed E-state index contributed by atoms with van der Waals surface area (Å²) in [4.78, 5) is 54.5. The largest absolute Gasteiger partial charge is 0.458 e. The van der Waals surface area contributed by atoms with E-state index in [1.54, 1.807) is 63.1 Å². The number of piperazine rings is 1. The van der Waals surface area contributed by atoms with Crippen molar-refractivity contribution in [2.45, 2.75) is 69.7 Å². The number of amides is 2. The van der Waals surface area contributed by atoms with Crippen LogP contribution < -0.4 is 15.0 Å². The monoisotopic (exact) mass is 667 g/mol. The highest BCUT2D eigenvalue weighted by Gasteiger charge is 2.42. The number of aromatic amines is 1. The summed E-state index contributed by atoms with van der Waals surface area (Å²) >= 11 is 0. The van der Waals surface area contributed by atoms with Crippen LogP contribution in [0.15, 0.2) is 59.9 Å². The van der Waals surface area contributed by atoms with Crippen LogP contribution in [0, 0.1) is 6.92 Å². The summed E-state index contributed by atoms with van der Waals surface area (Å²) in [7, 11) is -4.03. The molecule has 14 nitrogen and oxygen atoms in total. The third-order valence-corrected chi connectivity index (χ3v) is 9.64. The highest BCUT2D eigenvalue weighted by Crippen LogP contribution is 2.26. The van der Waals surface area contributed by atoms with Crippen LogP contribution in [-0.2, 0) is 30.8 Å². The van der Waals surface area contributed by atoms with E-state index in [2.05, 4.69) is 25.2 Å². The average Bonchev–Trinajstić information content (AvgIpc) is 3.72. The van der Waals surface area contributed by atoms with Gasteiger partial charge in [0, 0.05) is 51.5 Å². The van der Waals surface area contributed by atoms with Crippen molar-refractivity contribution in [3.63, 3.8) is 0 Å². The summed E-state index contributed by atoms with van der Waals surface area (Å²) in [5.41, 5.74) is -0.144. The van der Waals surface area contributed by atoms with Crippen molar-refractivity contribution in [3.05, 3.63) is 66.2 Å². The normalized spacial score (nSPS) is 18.1. The lowest BCUT2D eigenvalue weighted by Crippen LogP contribution is -2.52. The molecule has 2 fully saturated rings. The number of pyridine rings is 1. The van der Waals surface area contributed by atoms with Gasteiger partial charge >= 0.3 is 12.1 Å². The first-order valence-electron chi connectivity index (χ1n) is 15.6. The molecule has 5 rings (SSSR count). The van der Waals surface area contributed by atoms with E-state index in [0.29, 0.717) is 56.2 Å². The third-order valence-electron chi connectivity index (χ3n) is 7.85. The number of aromatic nitrogens is 3. The zero-order chi connectivity index (χ0) is 33.8. The molecule has 0 spiro atoms. The van der Waals surface area contributed by atoms with Crippen LogP contribution in [0.4, 0.5) is 10.6 Å². The van der Waals surface area contributed by atoms with E-state index in [0.717, 1.165) is 10.1 Å². The number of hydrogen-bond donors (Lipinski definition) is 2. The van der Waals surface area contributed by atoms with Crippen molar-refractivity contribution in [3.8, 4) is 5.75 Å². The minimum atomic E-state index is -4.03. The van der Waals surface area contributed by atoms with E-state index in [4.69, 9.17) is 9.47 Å². The zero-order valence-corrected chi connectivity index (χ0v) is 27.8. The van der Waals surface area contributed by atoms with E-state index in [-0.39, 0.29) is 18.0 Å². The number of esters is 1. The van der Waals surface area contributed by atoms with Crippen molar-refractivity contribution >= 4 is 33.8 Å². The third kappa shape index (κ3) is 8.46. The molecule has 4 heterocycles. The van der Waals surface area contributed by atoms with E-state index in [1.807, 2.05) is 18.2 Å². The van der Waals surface area contributed by atoms with Gasteiger partial charge in [0.05, 0.1) is 0 Å². The molecule has 0 radical (unpaired) electrons.